The number of benzene rings is 2. The molecule has 0 aliphatic rings. The second-order valence-electron chi connectivity index (χ2n) is 6.61. The van der Waals surface area contributed by atoms with Gasteiger partial charge in [-0.25, -0.2) is 4.98 Å². The van der Waals surface area contributed by atoms with Crippen molar-refractivity contribution in [2.75, 3.05) is 0 Å². The molecule has 5 nitrogen and oxygen atoms in total. The van der Waals surface area contributed by atoms with Crippen LogP contribution in [0, 0.1) is 6.92 Å². The van der Waals surface area contributed by atoms with Gasteiger partial charge in [-0.05, 0) is 43.2 Å². The lowest BCUT2D eigenvalue weighted by Crippen LogP contribution is -2.22. The van der Waals surface area contributed by atoms with Crippen LogP contribution in [0.25, 0.3) is 33.3 Å². The Balaban J connectivity index is 2.08. The van der Waals surface area contributed by atoms with Crippen LogP contribution in [0.2, 0.25) is 0 Å². The standard InChI is InChI=1S/C20H20N4O/c1-11-8-14(12(2)21)18-15(9-11)20(25)24(3)19(23-18)17-10-13-6-4-5-7-16(13)22-17/h4-10,12,22H,21H2,1-3H3/t12-/m1/s1. The van der Waals surface area contributed by atoms with Crippen molar-refractivity contribution < 1.29 is 0 Å². The molecule has 2 heterocycles. The van der Waals surface area contributed by atoms with Crippen LogP contribution in [0.3, 0.4) is 0 Å². The summed E-state index contributed by atoms with van der Waals surface area (Å²) in [6.07, 6.45) is 0. The van der Waals surface area contributed by atoms with Gasteiger partial charge >= 0.3 is 0 Å². The largest absolute Gasteiger partial charge is 0.352 e. The summed E-state index contributed by atoms with van der Waals surface area (Å²) in [5.74, 6) is 0.611. The number of aromatic nitrogens is 3. The van der Waals surface area contributed by atoms with Gasteiger partial charge < -0.3 is 10.7 Å². The Hall–Kier alpha value is -2.92. The first-order valence-corrected chi connectivity index (χ1v) is 8.30. The molecule has 0 aliphatic heterocycles. The lowest BCUT2D eigenvalue weighted by molar-refractivity contribution is 0.813. The monoisotopic (exact) mass is 332 g/mol. The predicted octanol–water partition coefficient (Wildman–Crippen LogP) is 3.41. The number of hydrogen-bond acceptors (Lipinski definition) is 3. The van der Waals surface area contributed by atoms with Crippen LogP contribution in [0.5, 0.6) is 0 Å². The Labute approximate surface area is 145 Å². The molecule has 0 bridgehead atoms. The van der Waals surface area contributed by atoms with Crippen molar-refractivity contribution in [2.45, 2.75) is 19.9 Å². The molecule has 25 heavy (non-hydrogen) atoms. The zero-order valence-corrected chi connectivity index (χ0v) is 14.5. The Morgan fingerprint density at radius 2 is 1.96 bits per heavy atom. The van der Waals surface area contributed by atoms with E-state index in [4.69, 9.17) is 10.7 Å². The molecule has 5 heteroatoms. The number of nitrogens with two attached hydrogens (primary N) is 1. The first-order valence-electron chi connectivity index (χ1n) is 8.30. The van der Waals surface area contributed by atoms with Gasteiger partial charge in [0, 0.05) is 24.0 Å². The van der Waals surface area contributed by atoms with Gasteiger partial charge in [-0.2, -0.15) is 0 Å². The highest BCUT2D eigenvalue weighted by Crippen LogP contribution is 2.26. The maximum Gasteiger partial charge on any atom is 0.261 e. The van der Waals surface area contributed by atoms with E-state index in [-0.39, 0.29) is 11.6 Å². The average Bonchev–Trinajstić information content (AvgIpc) is 3.01. The van der Waals surface area contributed by atoms with Crippen LogP contribution in [-0.2, 0) is 7.05 Å². The number of aromatic amines is 1. The molecule has 0 amide bonds. The van der Waals surface area contributed by atoms with Gasteiger partial charge in [0.2, 0.25) is 0 Å². The summed E-state index contributed by atoms with van der Waals surface area (Å²) >= 11 is 0. The van der Waals surface area contributed by atoms with E-state index in [9.17, 15) is 4.79 Å². The SMILES string of the molecule is Cc1cc([C@@H](C)N)c2nc(-c3cc4ccccc4[nH]3)n(C)c(=O)c2c1. The molecule has 3 N–H and O–H groups in total. The van der Waals surface area contributed by atoms with Crippen molar-refractivity contribution in [1.82, 2.24) is 14.5 Å². The first-order chi connectivity index (χ1) is 12.0. The molecular weight excluding hydrogens is 312 g/mol. The molecule has 2 aromatic heterocycles. The van der Waals surface area contributed by atoms with E-state index in [1.165, 1.54) is 0 Å². The van der Waals surface area contributed by atoms with E-state index < -0.39 is 0 Å². The average molecular weight is 332 g/mol. The quantitative estimate of drug-likeness (QED) is 0.590. The van der Waals surface area contributed by atoms with Crippen molar-refractivity contribution in [3.05, 3.63) is 63.9 Å². The number of nitrogens with zero attached hydrogens (tertiary/aromatic N) is 2. The smallest absolute Gasteiger partial charge is 0.261 e. The second-order valence-corrected chi connectivity index (χ2v) is 6.61. The maximum atomic E-state index is 12.9. The summed E-state index contributed by atoms with van der Waals surface area (Å²) in [7, 11) is 1.75. The van der Waals surface area contributed by atoms with E-state index in [0.717, 1.165) is 27.7 Å². The molecule has 2 aromatic carbocycles. The van der Waals surface area contributed by atoms with Crippen LogP contribution in [0.15, 0.2) is 47.3 Å². The summed E-state index contributed by atoms with van der Waals surface area (Å²) in [6.45, 7) is 3.88. The molecule has 0 fully saturated rings. The maximum absolute atomic E-state index is 12.9. The van der Waals surface area contributed by atoms with Crippen LogP contribution < -0.4 is 11.3 Å². The minimum Gasteiger partial charge on any atom is -0.352 e. The highest BCUT2D eigenvalue weighted by Gasteiger charge is 2.16. The van der Waals surface area contributed by atoms with Gasteiger partial charge in [0.1, 0.15) is 0 Å². The molecule has 0 saturated carbocycles. The van der Waals surface area contributed by atoms with Crippen LogP contribution in [0.1, 0.15) is 24.1 Å². The van der Waals surface area contributed by atoms with Crippen molar-refractivity contribution in [2.24, 2.45) is 12.8 Å². The first kappa shape index (κ1) is 15.6. The molecule has 0 radical (unpaired) electrons. The lowest BCUT2D eigenvalue weighted by Gasteiger charge is -2.14. The molecule has 4 rings (SSSR count). The minimum absolute atomic E-state index is 0.0655. The highest BCUT2D eigenvalue weighted by molar-refractivity contribution is 5.87. The Kier molecular flexibility index (Phi) is 3.47. The molecule has 1 atom stereocenters. The van der Waals surface area contributed by atoms with Crippen LogP contribution in [-0.4, -0.2) is 14.5 Å². The number of H-pyrrole nitrogens is 1. The minimum atomic E-state index is -0.197. The third-order valence-corrected chi connectivity index (χ3v) is 4.62. The predicted molar refractivity (Wildman–Crippen MR) is 102 cm³/mol. The Morgan fingerprint density at radius 1 is 1.20 bits per heavy atom. The van der Waals surface area contributed by atoms with Gasteiger partial charge in [-0.3, -0.25) is 9.36 Å². The topological polar surface area (TPSA) is 76.7 Å². The Morgan fingerprint density at radius 3 is 2.68 bits per heavy atom. The van der Waals surface area contributed by atoms with Crippen molar-refractivity contribution in [3.8, 4) is 11.5 Å². The molecule has 4 aromatic rings. The third kappa shape index (κ3) is 2.44. The molecule has 0 aliphatic carbocycles. The molecular formula is C20H20N4O. The van der Waals surface area contributed by atoms with Crippen LogP contribution >= 0.6 is 0 Å². The molecule has 126 valence electrons. The van der Waals surface area contributed by atoms with Gasteiger partial charge in [0.15, 0.2) is 5.82 Å². The number of para-hydroxylation sites is 1. The number of aryl methyl sites for hydroxylation is 1. The van der Waals surface area contributed by atoms with Crippen molar-refractivity contribution >= 4 is 21.8 Å². The van der Waals surface area contributed by atoms with E-state index in [2.05, 4.69) is 4.98 Å². The van der Waals surface area contributed by atoms with E-state index in [0.29, 0.717) is 16.7 Å². The van der Waals surface area contributed by atoms with E-state index >= 15 is 0 Å². The van der Waals surface area contributed by atoms with Crippen LogP contribution in [0.4, 0.5) is 0 Å². The van der Waals surface area contributed by atoms with Gasteiger partial charge in [0.05, 0.1) is 16.6 Å². The highest BCUT2D eigenvalue weighted by atomic mass is 16.1. The van der Waals surface area contributed by atoms with Gasteiger partial charge in [-0.15, -0.1) is 0 Å². The number of nitrogens with one attached hydrogen (secondary N) is 1. The summed E-state index contributed by atoms with van der Waals surface area (Å²) in [4.78, 5) is 21.1. The fourth-order valence-corrected chi connectivity index (χ4v) is 3.33. The molecule has 0 spiro atoms. The van der Waals surface area contributed by atoms with Gasteiger partial charge in [-0.1, -0.05) is 24.3 Å². The van der Waals surface area contributed by atoms with Crippen molar-refractivity contribution in [1.29, 1.82) is 0 Å². The van der Waals surface area contributed by atoms with Crippen molar-refractivity contribution in [3.63, 3.8) is 0 Å². The molecule has 0 unspecified atom stereocenters. The normalized spacial score (nSPS) is 12.8. The zero-order valence-electron chi connectivity index (χ0n) is 14.5. The van der Waals surface area contributed by atoms with E-state index in [1.54, 1.807) is 11.6 Å². The second kappa shape index (κ2) is 5.57. The van der Waals surface area contributed by atoms with Gasteiger partial charge in [0.25, 0.3) is 5.56 Å². The zero-order chi connectivity index (χ0) is 17.7. The fraction of sp³-hybridized carbons (Fsp3) is 0.200. The molecule has 0 saturated heterocycles. The number of rotatable bonds is 2. The number of fused-ring (bicyclic) bond motifs is 2. The Bertz CT molecular complexity index is 1130. The summed E-state index contributed by atoms with van der Waals surface area (Å²) in [5, 5.41) is 1.69. The third-order valence-electron chi connectivity index (χ3n) is 4.62. The van der Waals surface area contributed by atoms with E-state index in [1.807, 2.05) is 56.3 Å². The summed E-state index contributed by atoms with van der Waals surface area (Å²) < 4.78 is 1.59. The summed E-state index contributed by atoms with van der Waals surface area (Å²) in [5.41, 5.74) is 10.5. The fourth-order valence-electron chi connectivity index (χ4n) is 3.33. The number of hydrogen-bond donors (Lipinski definition) is 2. The summed E-state index contributed by atoms with van der Waals surface area (Å²) in [6, 6.07) is 13.7. The lowest BCUT2D eigenvalue weighted by atomic mass is 10.0.